The highest BCUT2D eigenvalue weighted by Gasteiger charge is 2.43. The van der Waals surface area contributed by atoms with Crippen LogP contribution in [0.25, 0.3) is 0 Å². The molecule has 104 valence electrons. The first-order chi connectivity index (χ1) is 8.90. The first-order valence-electron chi connectivity index (χ1n) is 6.40. The van der Waals surface area contributed by atoms with Gasteiger partial charge in [-0.15, -0.1) is 0 Å². The van der Waals surface area contributed by atoms with Gasteiger partial charge in [0.25, 0.3) is 0 Å². The summed E-state index contributed by atoms with van der Waals surface area (Å²) >= 11 is 0. The van der Waals surface area contributed by atoms with Crippen LogP contribution in [0.4, 0.5) is 10.1 Å². The van der Waals surface area contributed by atoms with E-state index in [1.165, 1.54) is 12.1 Å². The molecule has 0 atom stereocenters. The molecule has 2 N–H and O–H groups in total. The Balaban J connectivity index is 1.83. The summed E-state index contributed by atoms with van der Waals surface area (Å²) in [5, 5.41) is 12.6. The maximum atomic E-state index is 13.3. The van der Waals surface area contributed by atoms with Gasteiger partial charge in [-0.25, -0.2) is 4.39 Å². The molecule has 0 radical (unpaired) electrons. The third-order valence-corrected chi connectivity index (χ3v) is 3.58. The van der Waals surface area contributed by atoms with Crippen molar-refractivity contribution in [3.05, 3.63) is 30.1 Å². The molecule has 0 spiro atoms. The molecule has 4 nitrogen and oxygen atoms in total. The zero-order valence-electron chi connectivity index (χ0n) is 11.2. The minimum absolute atomic E-state index is 0.165. The quantitative estimate of drug-likeness (QED) is 0.867. The normalized spacial score (nSPS) is 18.2. The summed E-state index contributed by atoms with van der Waals surface area (Å²) in [5.41, 5.74) is -0.509. The summed E-state index contributed by atoms with van der Waals surface area (Å²) < 4.78 is 13.3. The van der Waals surface area contributed by atoms with E-state index in [0.29, 0.717) is 13.1 Å². The number of likely N-dealkylation sites (tertiary alicyclic amines) is 1. The summed E-state index contributed by atoms with van der Waals surface area (Å²) in [6.07, 6.45) is 0. The number of β-amino-alcohol motifs (C(OH)–C–C–N with tert-alkyl or cyclic N) is 1. The number of nitrogens with zero attached hydrogens (tertiary/aromatic N) is 1. The van der Waals surface area contributed by atoms with Crippen LogP contribution in [0, 0.1) is 11.7 Å². The van der Waals surface area contributed by atoms with E-state index in [4.69, 9.17) is 0 Å². The molecule has 1 aliphatic rings. The minimum atomic E-state index is -0.696. The largest absolute Gasteiger partial charge is 0.387 e. The summed E-state index contributed by atoms with van der Waals surface area (Å²) in [4.78, 5) is 13.6. The predicted octanol–water partition coefficient (Wildman–Crippen LogP) is 1.47. The number of para-hydroxylation sites is 1. The second-order valence-electron chi connectivity index (χ2n) is 5.43. The van der Waals surface area contributed by atoms with Crippen molar-refractivity contribution in [1.82, 2.24) is 4.90 Å². The molecule has 1 aliphatic heterocycles. The monoisotopic (exact) mass is 266 g/mol. The van der Waals surface area contributed by atoms with Crippen LogP contribution in [0.1, 0.15) is 13.8 Å². The molecule has 1 heterocycles. The molecule has 5 heteroatoms. The van der Waals surface area contributed by atoms with Crippen LogP contribution in [0.5, 0.6) is 0 Å². The summed E-state index contributed by atoms with van der Waals surface area (Å²) in [5.74, 6) is -0.549. The highest BCUT2D eigenvalue weighted by Crippen LogP contribution is 2.28. The number of carbonyl (C=O) groups is 1. The standard InChI is InChI=1S/C14H19FN2O2/c1-10(2)14(19)8-17(9-14)7-13(18)16-12-6-4-3-5-11(12)15/h3-6,10,19H,7-9H2,1-2H3,(H,16,18). The number of rotatable bonds is 4. The lowest BCUT2D eigenvalue weighted by molar-refractivity contribution is -0.139. The lowest BCUT2D eigenvalue weighted by Crippen LogP contribution is -2.65. The maximum Gasteiger partial charge on any atom is 0.238 e. The van der Waals surface area contributed by atoms with Crippen molar-refractivity contribution in [3.63, 3.8) is 0 Å². The molecular formula is C14H19FN2O2. The maximum absolute atomic E-state index is 13.3. The SMILES string of the molecule is CC(C)C1(O)CN(CC(=O)Nc2ccccc2F)C1. The molecule has 1 aromatic carbocycles. The molecule has 2 rings (SSSR count). The number of hydrogen-bond donors (Lipinski definition) is 2. The van der Waals surface area contributed by atoms with Gasteiger partial charge in [0, 0.05) is 13.1 Å². The van der Waals surface area contributed by atoms with Crippen LogP contribution in [0.15, 0.2) is 24.3 Å². The van der Waals surface area contributed by atoms with E-state index >= 15 is 0 Å². The van der Waals surface area contributed by atoms with Crippen LogP contribution in [-0.4, -0.2) is 41.1 Å². The van der Waals surface area contributed by atoms with Gasteiger partial charge >= 0.3 is 0 Å². The topological polar surface area (TPSA) is 52.6 Å². The number of hydrogen-bond acceptors (Lipinski definition) is 3. The molecule has 0 aliphatic carbocycles. The fraction of sp³-hybridized carbons (Fsp3) is 0.500. The Morgan fingerprint density at radius 2 is 2.11 bits per heavy atom. The van der Waals surface area contributed by atoms with Gasteiger partial charge in [0.2, 0.25) is 5.91 Å². The lowest BCUT2D eigenvalue weighted by atomic mass is 9.83. The molecule has 19 heavy (non-hydrogen) atoms. The Morgan fingerprint density at radius 3 is 2.68 bits per heavy atom. The van der Waals surface area contributed by atoms with Crippen molar-refractivity contribution >= 4 is 11.6 Å². The van der Waals surface area contributed by atoms with Gasteiger partial charge < -0.3 is 10.4 Å². The van der Waals surface area contributed by atoms with Gasteiger partial charge in [-0.1, -0.05) is 26.0 Å². The zero-order chi connectivity index (χ0) is 14.0. The fourth-order valence-electron chi connectivity index (χ4n) is 2.16. The number of nitrogens with one attached hydrogen (secondary N) is 1. The van der Waals surface area contributed by atoms with Gasteiger partial charge in [0.15, 0.2) is 0 Å². The summed E-state index contributed by atoms with van der Waals surface area (Å²) in [6, 6.07) is 6.06. The van der Waals surface area contributed by atoms with Crippen molar-refractivity contribution in [2.24, 2.45) is 5.92 Å². The second-order valence-corrected chi connectivity index (χ2v) is 5.43. The molecule has 1 saturated heterocycles. The van der Waals surface area contributed by atoms with Gasteiger partial charge in [-0.05, 0) is 18.1 Å². The molecule has 1 amide bonds. The highest BCUT2D eigenvalue weighted by molar-refractivity contribution is 5.92. The zero-order valence-corrected chi connectivity index (χ0v) is 11.2. The third-order valence-electron chi connectivity index (χ3n) is 3.58. The average Bonchev–Trinajstić information content (AvgIpc) is 2.29. The summed E-state index contributed by atoms with van der Waals surface area (Å²) in [6.45, 7) is 5.04. The van der Waals surface area contributed by atoms with Crippen molar-refractivity contribution in [1.29, 1.82) is 0 Å². The fourth-order valence-corrected chi connectivity index (χ4v) is 2.16. The number of amides is 1. The van der Waals surface area contributed by atoms with E-state index in [-0.39, 0.29) is 24.1 Å². The number of carbonyl (C=O) groups excluding carboxylic acids is 1. The molecule has 1 fully saturated rings. The van der Waals surface area contributed by atoms with Crippen molar-refractivity contribution < 1.29 is 14.3 Å². The minimum Gasteiger partial charge on any atom is -0.387 e. The van der Waals surface area contributed by atoms with Crippen LogP contribution < -0.4 is 5.32 Å². The molecule has 0 aromatic heterocycles. The second kappa shape index (κ2) is 5.27. The van der Waals surface area contributed by atoms with Gasteiger partial charge in [-0.2, -0.15) is 0 Å². The molecule has 0 bridgehead atoms. The Kier molecular flexibility index (Phi) is 3.87. The van der Waals surface area contributed by atoms with Crippen molar-refractivity contribution in [3.8, 4) is 0 Å². The van der Waals surface area contributed by atoms with Gasteiger partial charge in [-0.3, -0.25) is 9.69 Å². The first-order valence-corrected chi connectivity index (χ1v) is 6.40. The first kappa shape index (κ1) is 14.0. The molecule has 1 aromatic rings. The highest BCUT2D eigenvalue weighted by atomic mass is 19.1. The Morgan fingerprint density at radius 1 is 1.47 bits per heavy atom. The van der Waals surface area contributed by atoms with E-state index in [1.54, 1.807) is 12.1 Å². The van der Waals surface area contributed by atoms with Gasteiger partial charge in [0.1, 0.15) is 5.82 Å². The molecule has 0 unspecified atom stereocenters. The van der Waals surface area contributed by atoms with Crippen LogP contribution in [-0.2, 0) is 4.79 Å². The number of anilines is 1. The predicted molar refractivity (Wildman–Crippen MR) is 71.3 cm³/mol. The number of benzene rings is 1. The molecular weight excluding hydrogens is 247 g/mol. The van der Waals surface area contributed by atoms with E-state index in [2.05, 4.69) is 5.32 Å². The van der Waals surface area contributed by atoms with Crippen molar-refractivity contribution in [2.45, 2.75) is 19.4 Å². The number of halogens is 1. The lowest BCUT2D eigenvalue weighted by Gasteiger charge is -2.48. The molecule has 0 saturated carbocycles. The van der Waals surface area contributed by atoms with E-state index in [0.717, 1.165) is 0 Å². The smallest absolute Gasteiger partial charge is 0.238 e. The Bertz CT molecular complexity index is 470. The van der Waals surface area contributed by atoms with Crippen LogP contribution in [0.2, 0.25) is 0 Å². The van der Waals surface area contributed by atoms with Gasteiger partial charge in [0.05, 0.1) is 17.8 Å². The average molecular weight is 266 g/mol. The van der Waals surface area contributed by atoms with Crippen LogP contribution in [0.3, 0.4) is 0 Å². The van der Waals surface area contributed by atoms with Crippen LogP contribution >= 0.6 is 0 Å². The van der Waals surface area contributed by atoms with E-state index in [1.807, 2.05) is 18.7 Å². The third kappa shape index (κ3) is 3.11. The Hall–Kier alpha value is -1.46. The van der Waals surface area contributed by atoms with E-state index in [9.17, 15) is 14.3 Å². The van der Waals surface area contributed by atoms with E-state index < -0.39 is 11.4 Å². The van der Waals surface area contributed by atoms with Crippen molar-refractivity contribution in [2.75, 3.05) is 25.0 Å². The Labute approximate surface area is 112 Å². The number of aliphatic hydroxyl groups is 1. The summed E-state index contributed by atoms with van der Waals surface area (Å²) in [7, 11) is 0.